The van der Waals surface area contributed by atoms with Crippen molar-refractivity contribution in [2.75, 3.05) is 6.61 Å². The van der Waals surface area contributed by atoms with E-state index in [9.17, 15) is 13.6 Å². The van der Waals surface area contributed by atoms with Crippen molar-refractivity contribution in [3.63, 3.8) is 0 Å². The molecule has 94 valence electrons. The van der Waals surface area contributed by atoms with E-state index in [0.29, 0.717) is 5.56 Å². The molecular formula is C12H15F2NO2. The highest BCUT2D eigenvalue weighted by atomic mass is 19.1. The molecule has 17 heavy (non-hydrogen) atoms. The van der Waals surface area contributed by atoms with Crippen molar-refractivity contribution in [1.29, 1.82) is 0 Å². The first-order chi connectivity index (χ1) is 7.97. The lowest BCUT2D eigenvalue weighted by molar-refractivity contribution is -0.144. The second kappa shape index (κ2) is 5.72. The Morgan fingerprint density at radius 3 is 2.71 bits per heavy atom. The number of nitrogens with two attached hydrogens (primary N) is 1. The Hall–Kier alpha value is -1.49. The third-order valence-electron chi connectivity index (χ3n) is 2.39. The Labute approximate surface area is 98.6 Å². The van der Waals surface area contributed by atoms with Crippen LogP contribution in [0.1, 0.15) is 18.1 Å². The number of carbonyl (C=O) groups is 1. The number of halogens is 2. The molecule has 0 aromatic heterocycles. The van der Waals surface area contributed by atoms with E-state index in [1.807, 2.05) is 0 Å². The molecule has 1 rings (SSSR count). The summed E-state index contributed by atoms with van der Waals surface area (Å²) in [5, 5.41) is 0. The minimum atomic E-state index is -1.05. The summed E-state index contributed by atoms with van der Waals surface area (Å²) in [6, 6.07) is 1.44. The Kier molecular flexibility index (Phi) is 4.57. The molecule has 1 unspecified atom stereocenters. The highest BCUT2D eigenvalue weighted by molar-refractivity contribution is 5.75. The molecule has 1 aromatic rings. The predicted molar refractivity (Wildman–Crippen MR) is 59.4 cm³/mol. The first kappa shape index (κ1) is 13.6. The van der Waals surface area contributed by atoms with E-state index in [0.717, 1.165) is 6.07 Å². The van der Waals surface area contributed by atoms with E-state index in [-0.39, 0.29) is 18.6 Å². The van der Waals surface area contributed by atoms with Gasteiger partial charge < -0.3 is 10.5 Å². The maximum absolute atomic E-state index is 13.6. The van der Waals surface area contributed by atoms with Crippen LogP contribution in [0.5, 0.6) is 0 Å². The molecule has 2 N–H and O–H groups in total. The van der Waals surface area contributed by atoms with Gasteiger partial charge in [-0.3, -0.25) is 4.79 Å². The van der Waals surface area contributed by atoms with Crippen LogP contribution in [0.25, 0.3) is 0 Å². The summed E-state index contributed by atoms with van der Waals surface area (Å²) < 4.78 is 31.7. The molecule has 0 fully saturated rings. The molecule has 1 atom stereocenters. The first-order valence-corrected chi connectivity index (χ1v) is 5.33. The molecule has 0 aliphatic heterocycles. The van der Waals surface area contributed by atoms with Gasteiger partial charge in [0.1, 0.15) is 17.7 Å². The molecule has 5 heteroatoms. The fourth-order valence-corrected chi connectivity index (χ4v) is 1.45. The van der Waals surface area contributed by atoms with Gasteiger partial charge >= 0.3 is 5.97 Å². The van der Waals surface area contributed by atoms with E-state index in [1.165, 1.54) is 13.0 Å². The molecule has 0 amide bonds. The van der Waals surface area contributed by atoms with Gasteiger partial charge in [0, 0.05) is 12.0 Å². The predicted octanol–water partition coefficient (Wildman–Crippen LogP) is 1.71. The van der Waals surface area contributed by atoms with E-state index in [1.54, 1.807) is 6.92 Å². The second-order valence-electron chi connectivity index (χ2n) is 3.72. The summed E-state index contributed by atoms with van der Waals surface area (Å²) in [5.41, 5.74) is 5.66. The summed E-state index contributed by atoms with van der Waals surface area (Å²) in [7, 11) is 0. The third kappa shape index (κ3) is 3.23. The zero-order chi connectivity index (χ0) is 13.0. The quantitative estimate of drug-likeness (QED) is 0.819. The van der Waals surface area contributed by atoms with Crippen LogP contribution in [0.3, 0.4) is 0 Å². The van der Waals surface area contributed by atoms with Gasteiger partial charge in [0.05, 0.1) is 6.61 Å². The van der Waals surface area contributed by atoms with Crippen LogP contribution >= 0.6 is 0 Å². The van der Waals surface area contributed by atoms with Crippen LogP contribution in [-0.4, -0.2) is 18.6 Å². The molecular weight excluding hydrogens is 228 g/mol. The number of hydrogen-bond acceptors (Lipinski definition) is 3. The lowest BCUT2D eigenvalue weighted by Gasteiger charge is -2.12. The average molecular weight is 243 g/mol. The highest BCUT2D eigenvalue weighted by Crippen LogP contribution is 2.17. The molecule has 0 spiro atoms. The smallest absolute Gasteiger partial charge is 0.323 e. The lowest BCUT2D eigenvalue weighted by Crippen LogP contribution is -2.35. The number of esters is 1. The maximum Gasteiger partial charge on any atom is 0.323 e. The van der Waals surface area contributed by atoms with Crippen LogP contribution in [-0.2, 0) is 16.0 Å². The number of ether oxygens (including phenoxy) is 1. The summed E-state index contributed by atoms with van der Waals surface area (Å²) >= 11 is 0. The van der Waals surface area contributed by atoms with Crippen molar-refractivity contribution in [1.82, 2.24) is 0 Å². The standard InChI is InChI=1S/C12H15F2NO2/c1-3-17-12(16)10(15)6-8-9(13)5-4-7(2)11(8)14/h4-5,10H,3,6,15H2,1-2H3. The van der Waals surface area contributed by atoms with E-state index >= 15 is 0 Å². The highest BCUT2D eigenvalue weighted by Gasteiger charge is 2.20. The van der Waals surface area contributed by atoms with Crippen LogP contribution in [0.2, 0.25) is 0 Å². The van der Waals surface area contributed by atoms with E-state index < -0.39 is 23.6 Å². The lowest BCUT2D eigenvalue weighted by atomic mass is 10.0. The van der Waals surface area contributed by atoms with Crippen LogP contribution in [0.4, 0.5) is 8.78 Å². The second-order valence-corrected chi connectivity index (χ2v) is 3.72. The molecule has 3 nitrogen and oxygen atoms in total. The fourth-order valence-electron chi connectivity index (χ4n) is 1.45. The third-order valence-corrected chi connectivity index (χ3v) is 2.39. The van der Waals surface area contributed by atoms with Crippen molar-refractivity contribution in [3.8, 4) is 0 Å². The minimum absolute atomic E-state index is 0.175. The summed E-state index contributed by atoms with van der Waals surface area (Å²) in [5.74, 6) is -2.02. The van der Waals surface area contributed by atoms with Gasteiger partial charge in [-0.15, -0.1) is 0 Å². The minimum Gasteiger partial charge on any atom is -0.465 e. The Morgan fingerprint density at radius 2 is 2.12 bits per heavy atom. The fraction of sp³-hybridized carbons (Fsp3) is 0.417. The van der Waals surface area contributed by atoms with Gasteiger partial charge in [-0.2, -0.15) is 0 Å². The molecule has 0 saturated heterocycles. The van der Waals surface area contributed by atoms with Crippen molar-refractivity contribution in [3.05, 3.63) is 34.9 Å². The van der Waals surface area contributed by atoms with Crippen molar-refractivity contribution < 1.29 is 18.3 Å². The van der Waals surface area contributed by atoms with E-state index in [2.05, 4.69) is 4.74 Å². The van der Waals surface area contributed by atoms with Gasteiger partial charge in [0.25, 0.3) is 0 Å². The molecule has 0 heterocycles. The summed E-state index contributed by atoms with van der Waals surface area (Å²) in [6.07, 6.45) is -0.210. The van der Waals surface area contributed by atoms with Crippen LogP contribution in [0.15, 0.2) is 12.1 Å². The first-order valence-electron chi connectivity index (χ1n) is 5.33. The number of carbonyl (C=O) groups excluding carboxylic acids is 1. The Morgan fingerprint density at radius 1 is 1.47 bits per heavy atom. The summed E-state index contributed by atoms with van der Waals surface area (Å²) in [4.78, 5) is 11.3. The molecule has 0 bridgehead atoms. The number of rotatable bonds is 4. The van der Waals surface area contributed by atoms with Crippen molar-refractivity contribution in [2.24, 2.45) is 5.73 Å². The largest absolute Gasteiger partial charge is 0.465 e. The molecule has 0 saturated carbocycles. The molecule has 1 aromatic carbocycles. The number of hydrogen-bond donors (Lipinski definition) is 1. The van der Waals surface area contributed by atoms with Gasteiger partial charge in [-0.05, 0) is 25.5 Å². The van der Waals surface area contributed by atoms with Gasteiger partial charge in [0.2, 0.25) is 0 Å². The number of benzene rings is 1. The Balaban J connectivity index is 2.88. The number of aryl methyl sites for hydroxylation is 1. The SMILES string of the molecule is CCOC(=O)C(N)Cc1c(F)ccc(C)c1F. The van der Waals surface area contributed by atoms with Crippen molar-refractivity contribution >= 4 is 5.97 Å². The van der Waals surface area contributed by atoms with Crippen LogP contribution in [0, 0.1) is 18.6 Å². The van der Waals surface area contributed by atoms with Gasteiger partial charge in [-0.1, -0.05) is 6.07 Å². The summed E-state index contributed by atoms with van der Waals surface area (Å²) in [6.45, 7) is 3.35. The van der Waals surface area contributed by atoms with Crippen LogP contribution < -0.4 is 5.73 Å². The normalized spacial score (nSPS) is 12.3. The topological polar surface area (TPSA) is 52.3 Å². The van der Waals surface area contributed by atoms with Gasteiger partial charge in [0.15, 0.2) is 0 Å². The monoisotopic (exact) mass is 243 g/mol. The average Bonchev–Trinajstić information content (AvgIpc) is 2.29. The zero-order valence-corrected chi connectivity index (χ0v) is 9.80. The van der Waals surface area contributed by atoms with Gasteiger partial charge in [-0.25, -0.2) is 8.78 Å². The molecule has 0 aliphatic rings. The molecule has 0 aliphatic carbocycles. The molecule has 0 radical (unpaired) electrons. The Bertz CT molecular complexity index is 421. The zero-order valence-electron chi connectivity index (χ0n) is 9.80. The van der Waals surface area contributed by atoms with Crippen molar-refractivity contribution in [2.45, 2.75) is 26.3 Å². The maximum atomic E-state index is 13.6. The van der Waals surface area contributed by atoms with E-state index in [4.69, 9.17) is 5.73 Å².